The summed E-state index contributed by atoms with van der Waals surface area (Å²) < 4.78 is 14.3. The molecule has 0 bridgehead atoms. The molecule has 4 N–H and O–H groups in total. The van der Waals surface area contributed by atoms with Gasteiger partial charge >= 0.3 is 0 Å². The smallest absolute Gasteiger partial charge is 0.214 e. The van der Waals surface area contributed by atoms with Crippen molar-refractivity contribution in [3.05, 3.63) is 84.7 Å². The van der Waals surface area contributed by atoms with Crippen LogP contribution in [0, 0.1) is 5.82 Å². The summed E-state index contributed by atoms with van der Waals surface area (Å²) in [6.07, 6.45) is 6.05. The van der Waals surface area contributed by atoms with Crippen LogP contribution >= 0.6 is 0 Å². The lowest BCUT2D eigenvalue weighted by atomic mass is 10.2. The summed E-state index contributed by atoms with van der Waals surface area (Å²) in [5.41, 5.74) is 7.48. The first-order valence-corrected chi connectivity index (χ1v) is 10.1. The van der Waals surface area contributed by atoms with Crippen molar-refractivity contribution < 1.29 is 4.39 Å². The van der Waals surface area contributed by atoms with Gasteiger partial charge in [0, 0.05) is 12.2 Å². The minimum absolute atomic E-state index is 0.317. The summed E-state index contributed by atoms with van der Waals surface area (Å²) in [5, 5.41) is 6.46. The lowest BCUT2D eigenvalue weighted by molar-refractivity contribution is 0.582. The zero-order chi connectivity index (χ0) is 20.9. The molecule has 0 spiro atoms. The number of nitrogens with zero attached hydrogens (tertiary/aromatic N) is 3. The fourth-order valence-corrected chi connectivity index (χ4v) is 3.70. The molecule has 2 aromatic carbocycles. The highest BCUT2D eigenvalue weighted by molar-refractivity contribution is 6.32. The van der Waals surface area contributed by atoms with Crippen molar-refractivity contribution in [1.29, 1.82) is 0 Å². The lowest BCUT2D eigenvalue weighted by Crippen LogP contribution is -2.37. The van der Waals surface area contributed by atoms with Crippen molar-refractivity contribution in [2.45, 2.75) is 31.7 Å². The number of para-hydroxylation sites is 2. The Morgan fingerprint density at radius 2 is 1.83 bits per heavy atom. The van der Waals surface area contributed by atoms with E-state index in [9.17, 15) is 4.39 Å². The first-order chi connectivity index (χ1) is 14.7. The van der Waals surface area contributed by atoms with Gasteiger partial charge in [0.15, 0.2) is 5.84 Å². The number of hydrogen-bond donors (Lipinski definition) is 3. The maximum absolute atomic E-state index is 14.3. The van der Waals surface area contributed by atoms with Crippen LogP contribution in [0.2, 0.25) is 0 Å². The summed E-state index contributed by atoms with van der Waals surface area (Å²) in [6.45, 7) is 4.08. The van der Waals surface area contributed by atoms with E-state index in [0.29, 0.717) is 35.0 Å². The van der Waals surface area contributed by atoms with Crippen molar-refractivity contribution in [3.8, 4) is 0 Å². The van der Waals surface area contributed by atoms with Gasteiger partial charge in [-0.05, 0) is 37.1 Å². The molecule has 0 radical (unpaired) electrons. The minimum Gasteiger partial charge on any atom is -0.403 e. The molecule has 154 valence electrons. The van der Waals surface area contributed by atoms with Gasteiger partial charge in [0.1, 0.15) is 17.3 Å². The Hall–Kier alpha value is -3.61. The van der Waals surface area contributed by atoms with Gasteiger partial charge < -0.3 is 16.4 Å². The van der Waals surface area contributed by atoms with Gasteiger partial charge in [-0.2, -0.15) is 0 Å². The number of halogens is 1. The van der Waals surface area contributed by atoms with Gasteiger partial charge in [0.25, 0.3) is 0 Å². The second-order valence-electron chi connectivity index (χ2n) is 7.27. The largest absolute Gasteiger partial charge is 0.403 e. The van der Waals surface area contributed by atoms with Crippen molar-refractivity contribution in [2.24, 2.45) is 15.7 Å². The van der Waals surface area contributed by atoms with Crippen LogP contribution in [0.4, 0.5) is 15.8 Å². The fourth-order valence-electron chi connectivity index (χ4n) is 3.70. The zero-order valence-electron chi connectivity index (χ0n) is 16.7. The number of anilines is 2. The van der Waals surface area contributed by atoms with Crippen LogP contribution in [0.15, 0.2) is 88.9 Å². The predicted octanol–water partition coefficient (Wildman–Crippen LogP) is 4.32. The third-order valence-electron chi connectivity index (χ3n) is 5.14. The fraction of sp³-hybridized carbons (Fsp3) is 0.217. The number of guanidine groups is 1. The molecule has 1 aliphatic carbocycles. The topological polar surface area (TPSA) is 78.0 Å². The predicted molar refractivity (Wildman–Crippen MR) is 121 cm³/mol. The monoisotopic (exact) mass is 404 g/mol. The quantitative estimate of drug-likeness (QED) is 0.694. The van der Waals surface area contributed by atoms with Gasteiger partial charge in [-0.3, -0.25) is 4.90 Å². The van der Waals surface area contributed by atoms with Crippen LogP contribution in [-0.4, -0.2) is 17.8 Å². The maximum atomic E-state index is 14.3. The zero-order valence-corrected chi connectivity index (χ0v) is 16.7. The Balaban J connectivity index is 1.68. The Morgan fingerprint density at radius 1 is 1.13 bits per heavy atom. The minimum atomic E-state index is -0.371. The first kappa shape index (κ1) is 19.7. The van der Waals surface area contributed by atoms with E-state index >= 15 is 0 Å². The van der Waals surface area contributed by atoms with Gasteiger partial charge in [-0.15, -0.1) is 0 Å². The molecule has 0 aromatic heterocycles. The van der Waals surface area contributed by atoms with E-state index < -0.39 is 0 Å². The average Bonchev–Trinajstić information content (AvgIpc) is 3.38. The van der Waals surface area contributed by atoms with Crippen LogP contribution < -0.4 is 21.3 Å². The van der Waals surface area contributed by atoms with Crippen LogP contribution in [0.25, 0.3) is 0 Å². The highest BCUT2D eigenvalue weighted by Crippen LogP contribution is 2.27. The standard InChI is InChI=1S/C23H25FN6/c1-16(26-17-9-5-6-10-17)27-22-21(15-25)29-23(28-20-14-8-7-13-19(20)24)30(22)18-11-3-2-4-12-18/h2-4,7-8,11-15,17,26H,1,5-6,9-10,25H2,(H,28,29)/b21-15+,27-22+. The summed E-state index contributed by atoms with van der Waals surface area (Å²) >= 11 is 0. The second kappa shape index (κ2) is 8.82. The van der Waals surface area contributed by atoms with Crippen LogP contribution in [0.1, 0.15) is 25.7 Å². The van der Waals surface area contributed by atoms with Crippen molar-refractivity contribution >= 4 is 23.2 Å². The molecule has 30 heavy (non-hydrogen) atoms. The number of hydrogen-bond acceptors (Lipinski definition) is 5. The number of nitrogens with two attached hydrogens (primary N) is 1. The molecule has 0 unspecified atom stereocenters. The SMILES string of the molecule is C=C(/N=C1\C(=C/N)N=C(Nc2ccccc2F)N1c1ccccc1)NC1CCCC1. The van der Waals surface area contributed by atoms with Gasteiger partial charge in [0.2, 0.25) is 5.96 Å². The van der Waals surface area contributed by atoms with Crippen LogP contribution in [0.5, 0.6) is 0 Å². The lowest BCUT2D eigenvalue weighted by Gasteiger charge is -2.23. The maximum Gasteiger partial charge on any atom is 0.214 e. The Kier molecular flexibility index (Phi) is 5.79. The number of rotatable bonds is 5. The van der Waals surface area contributed by atoms with E-state index in [1.165, 1.54) is 25.1 Å². The van der Waals surface area contributed by atoms with E-state index in [-0.39, 0.29) is 5.82 Å². The molecule has 4 rings (SSSR count). The molecular weight excluding hydrogens is 379 g/mol. The third kappa shape index (κ3) is 4.20. The Morgan fingerprint density at radius 3 is 2.53 bits per heavy atom. The first-order valence-electron chi connectivity index (χ1n) is 10.1. The summed E-state index contributed by atoms with van der Waals surface area (Å²) in [7, 11) is 0. The normalized spacial score (nSPS) is 19.4. The molecule has 2 aromatic rings. The van der Waals surface area contributed by atoms with E-state index in [1.54, 1.807) is 18.2 Å². The second-order valence-corrected chi connectivity index (χ2v) is 7.27. The summed E-state index contributed by atoms with van der Waals surface area (Å²) in [4.78, 5) is 11.1. The van der Waals surface area contributed by atoms with Crippen molar-refractivity contribution in [3.63, 3.8) is 0 Å². The summed E-state index contributed by atoms with van der Waals surface area (Å²) in [6, 6.07) is 16.5. The van der Waals surface area contributed by atoms with E-state index in [0.717, 1.165) is 18.5 Å². The Bertz CT molecular complexity index is 1010. The molecule has 0 atom stereocenters. The van der Waals surface area contributed by atoms with Crippen molar-refractivity contribution in [2.75, 3.05) is 10.2 Å². The van der Waals surface area contributed by atoms with Crippen LogP contribution in [0.3, 0.4) is 0 Å². The van der Waals surface area contributed by atoms with Crippen molar-refractivity contribution in [1.82, 2.24) is 5.32 Å². The molecule has 1 heterocycles. The van der Waals surface area contributed by atoms with E-state index in [4.69, 9.17) is 10.7 Å². The molecule has 1 fully saturated rings. The van der Waals surface area contributed by atoms with Gasteiger partial charge in [0.05, 0.1) is 11.4 Å². The highest BCUT2D eigenvalue weighted by atomic mass is 19.1. The highest BCUT2D eigenvalue weighted by Gasteiger charge is 2.31. The van der Waals surface area contributed by atoms with E-state index in [1.807, 2.05) is 35.2 Å². The van der Waals surface area contributed by atoms with E-state index in [2.05, 4.69) is 22.2 Å². The van der Waals surface area contributed by atoms with Gasteiger partial charge in [-0.25, -0.2) is 14.4 Å². The summed E-state index contributed by atoms with van der Waals surface area (Å²) in [5.74, 6) is 1.12. The molecule has 6 nitrogen and oxygen atoms in total. The Labute approximate surface area is 175 Å². The molecule has 7 heteroatoms. The number of nitrogens with one attached hydrogen (secondary N) is 2. The molecule has 0 amide bonds. The molecule has 1 saturated carbocycles. The third-order valence-corrected chi connectivity index (χ3v) is 5.14. The van der Waals surface area contributed by atoms with Crippen LogP contribution in [-0.2, 0) is 0 Å². The number of benzene rings is 2. The molecule has 2 aliphatic rings. The molecule has 0 saturated heterocycles. The number of amidine groups is 1. The number of aliphatic imine (C=N–C) groups is 2. The molecular formula is C23H25FN6. The molecule has 1 aliphatic heterocycles. The van der Waals surface area contributed by atoms with Gasteiger partial charge in [-0.1, -0.05) is 49.8 Å². The average molecular weight is 404 g/mol.